The van der Waals surface area contributed by atoms with E-state index in [1.165, 1.54) is 0 Å². The summed E-state index contributed by atoms with van der Waals surface area (Å²) in [5.41, 5.74) is 0. The van der Waals surface area contributed by atoms with Crippen molar-refractivity contribution in [2.24, 2.45) is 0 Å². The van der Waals surface area contributed by atoms with Gasteiger partial charge in [-0.3, -0.25) is 0 Å². The molecule has 0 radical (unpaired) electrons. The summed E-state index contributed by atoms with van der Waals surface area (Å²) >= 11 is 0. The van der Waals surface area contributed by atoms with Crippen LogP contribution < -0.4 is 0 Å². The average molecular weight is 8360 g/mol. The van der Waals surface area contributed by atoms with E-state index in [0.29, 0.717) is 0 Å². The van der Waals surface area contributed by atoms with Crippen molar-refractivity contribution >= 4 is 620 Å². The Kier molecular flexibility index (Phi) is 25300. The molecule has 0 aromatic carbocycles. The largest absolute Gasteiger partial charge is 0.147 e. The molecular weight excluding hydrogens is 8310 g/mol. The second-order valence-electron chi connectivity index (χ2n) is 0. The molecule has 0 rings (SSSR count). The fourth-order valence-electron chi connectivity index (χ4n) is 0. The Morgan fingerprint density at radius 2 is 0.0133 bits per heavy atom. The summed E-state index contributed by atoms with van der Waals surface area (Å²) in [5, 5.41) is 0. The minimum Gasteiger partial charge on any atom is -0.147 e. The molecule has 0 aliphatic rings. The quantitative estimate of drug-likeness (QED) is 0.212. The molecule has 0 aliphatic heterocycles. The van der Waals surface area contributed by atoms with Crippen molar-refractivity contribution in [2.45, 2.75) is 0 Å². The minimum atomic E-state index is 0. The monoisotopic (exact) mass is 8190 g/mol. The Balaban J connectivity index is 0. The smallest absolute Gasteiger partial charge is 0 e. The van der Waals surface area contributed by atoms with Crippen LogP contribution in [0.15, 0.2) is 0 Å². The SMILES string of the molecule is Cl.Cl.Cl.Cl.Cl.Cl.Cl.Cl.Cl.Cl.Cl.Cl.Cl.Cl.Cl.Cl.Cl.Cl.Cl.Cl.Cl.Cl.Cl.Cl.Cl.Cl.Cl.Cl.Cl.Cl.Cl.Cl.Cl.Cl.Cl.Cl.Cl.Cl.Cl.Cl.Cl.Cl.Cl.Cl.Cl.Cl.Cl.Cl.Cl.Cl.[Zn].[Zn].[Zn].[Zn].[Zn].[Zn].[Zn].[Zn].[Zn].[Zn].[Zn].[Zn].[Zn].[Zn].[Zn].[Zn].[Zn].[Zn].[Zn].[Zn].[Zn].[Zn].[Zn].[Zn].[Zn].[Zn].[Zn].[Zn].[Zn].[Zn].[Zn].[Zn].[Zn].[Zn].[Zn].[Zn].[Zn].[Zn].[Zn].[Zn].[Zn].[Zn].[Zn].[Zn].[Zn].[Zn].[Zn].[Zn].[Zn].[Zn].[Zn].[Zn].[Zn].[Zn].[Zn].[Zn].[Zn].[Zn].[Zn].[Zn].[Zn].[Zn].[Zn].[Zn].[Zn].[Zn].[Zn].[Zn].[Zn].[Zn].[Zn].[Zn].[Zn].[Zn].[Zn].[Zn].[Zn].[Zn].[Zn].[Zn].[Zn].[Zn].[Zn].[Zn].[Zn].[Zn].[Zn].[Zn].[Zn].[Zn].[Zn].[Zn].[Zn].[Zn].[Zn].[Zn].[Zn].[Zn].[Zn].[Zn]. The van der Waals surface area contributed by atoms with Gasteiger partial charge in [0.2, 0.25) is 0 Å². The molecule has 0 bridgehead atoms. The summed E-state index contributed by atoms with van der Waals surface area (Å²) in [6, 6.07) is 0. The normalized spacial score (nSPS) is 0. The molecule has 150 heteroatoms. The van der Waals surface area contributed by atoms with E-state index in [9.17, 15) is 0 Å². The van der Waals surface area contributed by atoms with E-state index in [-0.39, 0.29) is 2570 Å². The Bertz CT molecular complexity index is 138. The van der Waals surface area contributed by atoms with Crippen molar-refractivity contribution < 1.29 is 1950 Å². The summed E-state index contributed by atoms with van der Waals surface area (Å²) < 4.78 is 0. The number of hydrogen-bond donors (Lipinski definition) is 0. The first kappa shape index (κ1) is 1960. The number of rotatable bonds is 0. The van der Waals surface area contributed by atoms with Crippen molar-refractivity contribution in [1.82, 2.24) is 0 Å². The topological polar surface area (TPSA) is 0 Å². The molecule has 0 spiro atoms. The summed E-state index contributed by atoms with van der Waals surface area (Å²) in [6.45, 7) is 0. The van der Waals surface area contributed by atoms with Crippen LogP contribution in [0.4, 0.5) is 0 Å². The zero-order valence-electron chi connectivity index (χ0n) is 91.1. The van der Waals surface area contributed by atoms with Crippen molar-refractivity contribution in [1.29, 1.82) is 0 Å². The van der Waals surface area contributed by atoms with Crippen LogP contribution in [0.5, 0.6) is 0 Å². The summed E-state index contributed by atoms with van der Waals surface area (Å²) in [7, 11) is 0. The summed E-state index contributed by atoms with van der Waals surface area (Å²) in [6.07, 6.45) is 0. The van der Waals surface area contributed by atoms with E-state index in [1.807, 2.05) is 0 Å². The zero-order chi connectivity index (χ0) is 0. The summed E-state index contributed by atoms with van der Waals surface area (Å²) in [5.74, 6) is 0. The van der Waals surface area contributed by atoms with E-state index >= 15 is 0 Å². The van der Waals surface area contributed by atoms with Crippen LogP contribution in [0.2, 0.25) is 0 Å². The molecular formula is H50Cl50Zn100. The third-order valence-electron chi connectivity index (χ3n) is 0. The molecule has 600 valence electrons. The van der Waals surface area contributed by atoms with Crippen molar-refractivity contribution in [2.75, 3.05) is 0 Å². The minimum absolute atomic E-state index is 0. The second-order valence-corrected chi connectivity index (χ2v) is 0. The first-order valence-electron chi connectivity index (χ1n) is 0. The van der Waals surface area contributed by atoms with Gasteiger partial charge in [-0.05, 0) is 0 Å². The molecule has 0 amide bonds. The van der Waals surface area contributed by atoms with Gasteiger partial charge in [-0.15, -0.1) is 620 Å². The van der Waals surface area contributed by atoms with Crippen molar-refractivity contribution in [3.8, 4) is 0 Å². The van der Waals surface area contributed by atoms with Crippen LogP contribution in [0.1, 0.15) is 0 Å². The molecule has 0 saturated carbocycles. The molecule has 0 aromatic rings. The molecule has 150 heavy (non-hydrogen) atoms. The van der Waals surface area contributed by atoms with Gasteiger partial charge in [0.05, 0.1) is 0 Å². The van der Waals surface area contributed by atoms with Crippen LogP contribution in [0, 0.1) is 0 Å². The average Bonchev–Trinajstić information content (AvgIpc) is 0. The maximum Gasteiger partial charge on any atom is 0 e. The molecule has 0 heterocycles. The molecule has 0 fully saturated rings. The molecule has 0 atom stereocenters. The Hall–Kier alpha value is 76.8. The molecule has 0 aliphatic carbocycles. The molecule has 0 N–H and O–H groups in total. The fraction of sp³-hybridized carbons (Fsp3) is 0. The summed E-state index contributed by atoms with van der Waals surface area (Å²) in [4.78, 5) is 0. The van der Waals surface area contributed by atoms with E-state index in [4.69, 9.17) is 0 Å². The van der Waals surface area contributed by atoms with Crippen LogP contribution in [0.3, 0.4) is 0 Å². The van der Waals surface area contributed by atoms with Crippen LogP contribution >= 0.6 is 620 Å². The maximum atomic E-state index is 0. The first-order valence-corrected chi connectivity index (χ1v) is 0. The van der Waals surface area contributed by atoms with Gasteiger partial charge >= 0.3 is 0 Å². The Morgan fingerprint density at radius 3 is 0.0133 bits per heavy atom. The van der Waals surface area contributed by atoms with E-state index in [1.54, 1.807) is 0 Å². The first-order chi connectivity index (χ1) is 0. The standard InChI is InChI=1S/50ClH.100Zn/h50*1H;;;;;;;;;;;;;;;;;;;;;;;;;;;;;;;;;;;;;;;;;;;;;;;;;;;;;;;;;;;;;;;;;;;;;;;;;;;;;;;;;;;;;;;;;;;;;;;;;;;;. The zero-order valence-corrected chi connectivity index (χ0v) is 429. The van der Waals surface area contributed by atoms with Gasteiger partial charge in [-0.1, -0.05) is 0 Å². The van der Waals surface area contributed by atoms with Crippen molar-refractivity contribution in [3.05, 3.63) is 0 Å². The third kappa shape index (κ3) is 1910. The van der Waals surface area contributed by atoms with Gasteiger partial charge < -0.3 is 0 Å². The van der Waals surface area contributed by atoms with Gasteiger partial charge in [0.1, 0.15) is 0 Å². The van der Waals surface area contributed by atoms with Gasteiger partial charge in [-0.25, -0.2) is 0 Å². The third-order valence-corrected chi connectivity index (χ3v) is 0. The van der Waals surface area contributed by atoms with Gasteiger partial charge in [0.15, 0.2) is 0 Å². The number of halogens is 50. The molecule has 0 aromatic heterocycles. The van der Waals surface area contributed by atoms with E-state index in [2.05, 4.69) is 0 Å². The predicted molar refractivity (Wildman–Crippen MR) is 362 cm³/mol. The van der Waals surface area contributed by atoms with Crippen LogP contribution in [0.25, 0.3) is 0 Å². The van der Waals surface area contributed by atoms with E-state index in [0.717, 1.165) is 0 Å². The van der Waals surface area contributed by atoms with Gasteiger partial charge in [-0.2, -0.15) is 0 Å². The second kappa shape index (κ2) is 1930. The maximum absolute atomic E-state index is 0. The van der Waals surface area contributed by atoms with Crippen LogP contribution in [-0.4, -0.2) is 0 Å². The Morgan fingerprint density at radius 1 is 0.0133 bits per heavy atom. The van der Waals surface area contributed by atoms with Crippen molar-refractivity contribution in [3.63, 3.8) is 0 Å². The molecule has 0 saturated heterocycles. The Labute approximate surface area is 2500 Å². The molecule has 0 nitrogen and oxygen atoms in total. The van der Waals surface area contributed by atoms with E-state index < -0.39 is 0 Å². The number of hydrogen-bond acceptors (Lipinski definition) is 0. The van der Waals surface area contributed by atoms with Crippen LogP contribution in [-0.2, 0) is 1950 Å². The van der Waals surface area contributed by atoms with Gasteiger partial charge in [0.25, 0.3) is 0 Å². The predicted octanol–water partition coefficient (Wildman–Crippen LogP) is 20.8. The fourth-order valence-corrected chi connectivity index (χ4v) is 0. The van der Waals surface area contributed by atoms with Gasteiger partial charge in [0, 0.05) is 1950 Å². The molecule has 0 unspecified atom stereocenters.